The van der Waals surface area contributed by atoms with E-state index in [9.17, 15) is 4.79 Å². The fourth-order valence-electron chi connectivity index (χ4n) is 3.42. The maximum absolute atomic E-state index is 12.5. The highest BCUT2D eigenvalue weighted by Crippen LogP contribution is 2.27. The second-order valence-corrected chi connectivity index (χ2v) is 6.79. The number of hydrogen-bond acceptors (Lipinski definition) is 3. The van der Waals surface area contributed by atoms with Gasteiger partial charge in [-0.25, -0.2) is 0 Å². The first-order chi connectivity index (χ1) is 11.1. The van der Waals surface area contributed by atoms with Crippen LogP contribution in [0.25, 0.3) is 0 Å². The summed E-state index contributed by atoms with van der Waals surface area (Å²) in [7, 11) is 3.91. The van der Waals surface area contributed by atoms with Gasteiger partial charge in [-0.2, -0.15) is 0 Å². The summed E-state index contributed by atoms with van der Waals surface area (Å²) in [5, 5.41) is 6.81. The molecule has 1 atom stereocenters. The number of hydrogen-bond donors (Lipinski definition) is 2. The van der Waals surface area contributed by atoms with Crippen molar-refractivity contribution in [2.75, 3.05) is 46.8 Å². The smallest absolute Gasteiger partial charge is 0.225 e. The molecule has 1 aliphatic carbocycles. The minimum atomic E-state index is 0. The normalized spacial score (nSPS) is 21.9. The number of nitrogens with zero attached hydrogens (tertiary/aromatic N) is 3. The molecule has 0 spiro atoms. The van der Waals surface area contributed by atoms with Crippen molar-refractivity contribution in [2.24, 2.45) is 10.9 Å². The Bertz CT molecular complexity index is 412. The first-order valence-corrected chi connectivity index (χ1v) is 9.08. The van der Waals surface area contributed by atoms with E-state index in [2.05, 4.69) is 34.5 Å². The van der Waals surface area contributed by atoms with Crippen molar-refractivity contribution < 1.29 is 4.79 Å². The van der Waals surface area contributed by atoms with Gasteiger partial charge < -0.3 is 20.4 Å². The fourth-order valence-corrected chi connectivity index (χ4v) is 3.42. The molecule has 0 radical (unpaired) electrons. The molecule has 24 heavy (non-hydrogen) atoms. The van der Waals surface area contributed by atoms with Crippen LogP contribution in [0.4, 0.5) is 0 Å². The van der Waals surface area contributed by atoms with Crippen molar-refractivity contribution in [3.63, 3.8) is 0 Å². The third-order valence-corrected chi connectivity index (χ3v) is 5.09. The molecular weight excluding hydrogens is 417 g/mol. The number of carbonyl (C=O) groups excluding carboxylic acids is 1. The number of amides is 1. The zero-order valence-corrected chi connectivity index (χ0v) is 17.7. The molecule has 1 unspecified atom stereocenters. The van der Waals surface area contributed by atoms with E-state index in [0.29, 0.717) is 11.9 Å². The van der Waals surface area contributed by atoms with Crippen molar-refractivity contribution >= 4 is 35.8 Å². The van der Waals surface area contributed by atoms with E-state index in [1.54, 1.807) is 7.05 Å². The van der Waals surface area contributed by atoms with Gasteiger partial charge in [0.1, 0.15) is 0 Å². The third kappa shape index (κ3) is 6.38. The predicted molar refractivity (Wildman–Crippen MR) is 110 cm³/mol. The van der Waals surface area contributed by atoms with Crippen LogP contribution in [0.3, 0.4) is 0 Å². The maximum atomic E-state index is 12.5. The quantitative estimate of drug-likeness (QED) is 0.365. The van der Waals surface area contributed by atoms with Crippen LogP contribution in [-0.2, 0) is 4.79 Å². The summed E-state index contributed by atoms with van der Waals surface area (Å²) in [6.45, 7) is 6.76. The molecule has 1 aliphatic heterocycles. The Balaban J connectivity index is 0.00000288. The molecule has 0 aromatic heterocycles. The number of halogens is 1. The van der Waals surface area contributed by atoms with Crippen LogP contribution < -0.4 is 10.6 Å². The van der Waals surface area contributed by atoms with Gasteiger partial charge in [0.25, 0.3) is 0 Å². The number of aliphatic imine (C=N–C) groups is 1. The molecule has 1 saturated carbocycles. The molecule has 7 heteroatoms. The molecule has 2 rings (SSSR count). The molecule has 1 saturated heterocycles. The molecular formula is C17H34IN5O. The average molecular weight is 451 g/mol. The van der Waals surface area contributed by atoms with Crippen molar-refractivity contribution in [1.29, 1.82) is 0 Å². The van der Waals surface area contributed by atoms with Gasteiger partial charge in [0.15, 0.2) is 5.96 Å². The molecule has 2 aliphatic rings. The summed E-state index contributed by atoms with van der Waals surface area (Å²) in [6.07, 6.45) is 5.61. The monoisotopic (exact) mass is 451 g/mol. The highest BCUT2D eigenvalue weighted by atomic mass is 127. The molecule has 6 nitrogen and oxygen atoms in total. The molecule has 140 valence electrons. The third-order valence-electron chi connectivity index (χ3n) is 5.09. The minimum absolute atomic E-state index is 0. The van der Waals surface area contributed by atoms with Crippen LogP contribution >= 0.6 is 24.0 Å². The van der Waals surface area contributed by atoms with Crippen LogP contribution in [0.5, 0.6) is 0 Å². The van der Waals surface area contributed by atoms with Crippen LogP contribution in [-0.4, -0.2) is 74.5 Å². The summed E-state index contributed by atoms with van der Waals surface area (Å²) < 4.78 is 0. The lowest BCUT2D eigenvalue weighted by atomic mass is 10.1. The lowest BCUT2D eigenvalue weighted by molar-refractivity contribution is -0.134. The lowest BCUT2D eigenvalue weighted by Gasteiger charge is -2.22. The van der Waals surface area contributed by atoms with Crippen molar-refractivity contribution in [3.8, 4) is 0 Å². The topological polar surface area (TPSA) is 60.0 Å². The standard InChI is InChI=1S/C17H33N5O.HI/c1-4-21(3)12-10-19-17(18-2)20-15-9-11-22(13-15)16(23)14-7-5-6-8-14;/h14-15H,4-13H2,1-3H3,(H2,18,19,20);1H. The van der Waals surface area contributed by atoms with Crippen LogP contribution in [0, 0.1) is 5.92 Å². The van der Waals surface area contributed by atoms with E-state index < -0.39 is 0 Å². The van der Waals surface area contributed by atoms with E-state index in [4.69, 9.17) is 0 Å². The molecule has 2 fully saturated rings. The van der Waals surface area contributed by atoms with Crippen LogP contribution in [0.15, 0.2) is 4.99 Å². The molecule has 1 heterocycles. The Morgan fingerprint density at radius 2 is 2.00 bits per heavy atom. The van der Waals surface area contributed by atoms with Gasteiger partial charge >= 0.3 is 0 Å². The number of likely N-dealkylation sites (N-methyl/N-ethyl adjacent to an activating group) is 1. The Kier molecular flexibility index (Phi) is 9.95. The molecule has 1 amide bonds. The maximum Gasteiger partial charge on any atom is 0.225 e. The highest BCUT2D eigenvalue weighted by Gasteiger charge is 2.32. The second-order valence-electron chi connectivity index (χ2n) is 6.79. The average Bonchev–Trinajstić information content (AvgIpc) is 3.24. The Morgan fingerprint density at radius 1 is 1.29 bits per heavy atom. The summed E-state index contributed by atoms with van der Waals surface area (Å²) in [5.74, 6) is 1.50. The highest BCUT2D eigenvalue weighted by molar-refractivity contribution is 14.0. The molecule has 2 N–H and O–H groups in total. The van der Waals surface area contributed by atoms with E-state index in [1.165, 1.54) is 12.8 Å². The largest absolute Gasteiger partial charge is 0.355 e. The SMILES string of the molecule is CCN(C)CCNC(=NC)NC1CCN(C(=O)C2CCCC2)C1.I. The van der Waals surface area contributed by atoms with E-state index in [0.717, 1.165) is 57.9 Å². The van der Waals surface area contributed by atoms with Crippen molar-refractivity contribution in [1.82, 2.24) is 20.4 Å². The number of likely N-dealkylation sites (tertiary alicyclic amines) is 1. The van der Waals surface area contributed by atoms with Gasteiger partial charge in [0.2, 0.25) is 5.91 Å². The van der Waals surface area contributed by atoms with E-state index in [1.807, 2.05) is 4.90 Å². The van der Waals surface area contributed by atoms with Crippen LogP contribution in [0.2, 0.25) is 0 Å². The Labute approximate surface area is 163 Å². The first-order valence-electron chi connectivity index (χ1n) is 9.08. The van der Waals surface area contributed by atoms with Gasteiger partial charge in [0, 0.05) is 45.2 Å². The van der Waals surface area contributed by atoms with E-state index >= 15 is 0 Å². The Morgan fingerprint density at radius 3 is 2.62 bits per heavy atom. The first kappa shape index (κ1) is 21.5. The van der Waals surface area contributed by atoms with Crippen molar-refractivity contribution in [3.05, 3.63) is 0 Å². The number of guanidine groups is 1. The second kappa shape index (κ2) is 11.1. The zero-order chi connectivity index (χ0) is 16.7. The van der Waals surface area contributed by atoms with E-state index in [-0.39, 0.29) is 29.9 Å². The zero-order valence-electron chi connectivity index (χ0n) is 15.4. The fraction of sp³-hybridized carbons (Fsp3) is 0.882. The Hall–Kier alpha value is -0.570. The molecule has 0 bridgehead atoms. The predicted octanol–water partition coefficient (Wildman–Crippen LogP) is 1.51. The van der Waals surface area contributed by atoms with Crippen molar-refractivity contribution in [2.45, 2.75) is 45.1 Å². The summed E-state index contributed by atoms with van der Waals surface area (Å²) in [6, 6.07) is 0.315. The van der Waals surface area contributed by atoms with Gasteiger partial charge in [-0.3, -0.25) is 9.79 Å². The van der Waals surface area contributed by atoms with Gasteiger partial charge in [-0.1, -0.05) is 19.8 Å². The summed E-state index contributed by atoms with van der Waals surface area (Å²) in [4.78, 5) is 21.1. The van der Waals surface area contributed by atoms with Gasteiger partial charge in [-0.15, -0.1) is 24.0 Å². The lowest BCUT2D eigenvalue weighted by Crippen LogP contribution is -2.46. The van der Waals surface area contributed by atoms with Gasteiger partial charge in [0.05, 0.1) is 0 Å². The summed E-state index contributed by atoms with van der Waals surface area (Å²) >= 11 is 0. The van der Waals surface area contributed by atoms with Crippen LogP contribution in [0.1, 0.15) is 39.0 Å². The van der Waals surface area contributed by atoms with Gasteiger partial charge in [-0.05, 0) is 32.9 Å². The number of rotatable bonds is 6. The number of nitrogens with one attached hydrogen (secondary N) is 2. The number of carbonyl (C=O) groups is 1. The minimum Gasteiger partial charge on any atom is -0.355 e. The molecule has 0 aromatic rings. The molecule has 0 aromatic carbocycles. The summed E-state index contributed by atoms with van der Waals surface area (Å²) in [5.41, 5.74) is 0.